The van der Waals surface area contributed by atoms with Gasteiger partial charge in [-0.3, -0.25) is 4.90 Å². The fraction of sp³-hybridized carbons (Fsp3) is 1.00. The molecule has 3 heteroatoms. The Morgan fingerprint density at radius 1 is 1.22 bits per heavy atom. The van der Waals surface area contributed by atoms with E-state index >= 15 is 0 Å². The van der Waals surface area contributed by atoms with Gasteiger partial charge < -0.3 is 10.1 Å². The average Bonchev–Trinajstić information content (AvgIpc) is 3.14. The van der Waals surface area contributed by atoms with E-state index in [-0.39, 0.29) is 0 Å². The largest absolute Gasteiger partial charge is 0.376 e. The highest BCUT2D eigenvalue weighted by atomic mass is 16.5. The summed E-state index contributed by atoms with van der Waals surface area (Å²) in [6.45, 7) is 6.96. The number of piperidine rings is 1. The van der Waals surface area contributed by atoms with E-state index in [2.05, 4.69) is 17.1 Å². The van der Waals surface area contributed by atoms with Gasteiger partial charge in [0.05, 0.1) is 6.10 Å². The van der Waals surface area contributed by atoms with Crippen molar-refractivity contribution in [1.29, 1.82) is 0 Å². The molecule has 2 saturated heterocycles. The standard InChI is InChI=1S/C15H28N2O/c1-2-8-16-13-4-3-9-17(11-13)14-7-10-18-15(14)12-5-6-12/h12-16H,2-11H2,1H3. The first-order valence-corrected chi connectivity index (χ1v) is 7.97. The predicted octanol–water partition coefficient (Wildman–Crippen LogP) is 2.02. The van der Waals surface area contributed by atoms with Crippen molar-refractivity contribution in [2.75, 3.05) is 26.2 Å². The van der Waals surface area contributed by atoms with Gasteiger partial charge in [-0.2, -0.15) is 0 Å². The molecule has 3 fully saturated rings. The Bertz CT molecular complexity index is 267. The molecule has 104 valence electrons. The number of nitrogens with zero attached hydrogens (tertiary/aromatic N) is 1. The molecule has 3 aliphatic rings. The highest BCUT2D eigenvalue weighted by molar-refractivity contribution is 4.96. The molecule has 18 heavy (non-hydrogen) atoms. The Kier molecular flexibility index (Phi) is 4.22. The molecule has 3 rings (SSSR count). The minimum Gasteiger partial charge on any atom is -0.376 e. The second-order valence-corrected chi connectivity index (χ2v) is 6.32. The molecule has 0 spiro atoms. The smallest absolute Gasteiger partial charge is 0.0759 e. The van der Waals surface area contributed by atoms with Crippen molar-refractivity contribution in [1.82, 2.24) is 10.2 Å². The van der Waals surface area contributed by atoms with E-state index in [0.717, 1.165) is 24.6 Å². The van der Waals surface area contributed by atoms with Crippen molar-refractivity contribution >= 4 is 0 Å². The molecule has 0 aromatic rings. The normalized spacial score (nSPS) is 38.2. The maximum Gasteiger partial charge on any atom is 0.0759 e. The lowest BCUT2D eigenvalue weighted by atomic mass is 9.98. The maximum absolute atomic E-state index is 6.00. The van der Waals surface area contributed by atoms with Crippen LogP contribution in [-0.2, 0) is 4.74 Å². The molecular formula is C15H28N2O. The molecule has 1 saturated carbocycles. The third-order valence-electron chi connectivity index (χ3n) is 4.79. The number of ether oxygens (including phenoxy) is 1. The average molecular weight is 252 g/mol. The van der Waals surface area contributed by atoms with Crippen LogP contribution < -0.4 is 5.32 Å². The van der Waals surface area contributed by atoms with E-state index in [1.807, 2.05) is 0 Å². The summed E-state index contributed by atoms with van der Waals surface area (Å²) in [5.74, 6) is 0.890. The summed E-state index contributed by atoms with van der Waals surface area (Å²) in [5, 5.41) is 3.70. The molecular weight excluding hydrogens is 224 g/mol. The molecule has 0 amide bonds. The van der Waals surface area contributed by atoms with Crippen LogP contribution >= 0.6 is 0 Å². The lowest BCUT2D eigenvalue weighted by Gasteiger charge is -2.39. The van der Waals surface area contributed by atoms with Crippen molar-refractivity contribution in [3.63, 3.8) is 0 Å². The van der Waals surface area contributed by atoms with Crippen molar-refractivity contribution in [3.05, 3.63) is 0 Å². The number of rotatable bonds is 5. The van der Waals surface area contributed by atoms with Gasteiger partial charge in [-0.1, -0.05) is 6.92 Å². The Morgan fingerprint density at radius 3 is 2.89 bits per heavy atom. The van der Waals surface area contributed by atoms with Gasteiger partial charge in [-0.15, -0.1) is 0 Å². The Morgan fingerprint density at radius 2 is 2.11 bits per heavy atom. The first kappa shape index (κ1) is 12.9. The van der Waals surface area contributed by atoms with Crippen molar-refractivity contribution in [3.8, 4) is 0 Å². The van der Waals surface area contributed by atoms with Crippen LogP contribution in [0.1, 0.15) is 45.4 Å². The summed E-state index contributed by atoms with van der Waals surface area (Å²) in [6.07, 6.45) is 8.61. The Balaban J connectivity index is 1.54. The van der Waals surface area contributed by atoms with Crippen LogP contribution in [0.3, 0.4) is 0 Å². The predicted molar refractivity (Wildman–Crippen MR) is 73.8 cm³/mol. The summed E-state index contributed by atoms with van der Waals surface area (Å²) in [6, 6.07) is 1.45. The summed E-state index contributed by atoms with van der Waals surface area (Å²) in [5.41, 5.74) is 0. The molecule has 0 aromatic heterocycles. The van der Waals surface area contributed by atoms with Crippen LogP contribution in [0.2, 0.25) is 0 Å². The lowest BCUT2D eigenvalue weighted by Crippen LogP contribution is -2.52. The first-order chi connectivity index (χ1) is 8.88. The first-order valence-electron chi connectivity index (χ1n) is 7.97. The molecule has 0 bridgehead atoms. The van der Waals surface area contributed by atoms with Crippen LogP contribution in [0.15, 0.2) is 0 Å². The second kappa shape index (κ2) is 5.89. The molecule has 0 radical (unpaired) electrons. The SMILES string of the molecule is CCCNC1CCCN(C2CCOC2C2CC2)C1. The quantitative estimate of drug-likeness (QED) is 0.810. The molecule has 3 unspecified atom stereocenters. The number of hydrogen-bond donors (Lipinski definition) is 1. The molecule has 1 aliphatic carbocycles. The van der Waals surface area contributed by atoms with E-state index < -0.39 is 0 Å². The van der Waals surface area contributed by atoms with Crippen LogP contribution in [0, 0.1) is 5.92 Å². The highest BCUT2D eigenvalue weighted by Gasteiger charge is 2.43. The van der Waals surface area contributed by atoms with Gasteiger partial charge in [-0.05, 0) is 57.5 Å². The molecule has 1 N–H and O–H groups in total. The summed E-state index contributed by atoms with van der Waals surface area (Å²) >= 11 is 0. The summed E-state index contributed by atoms with van der Waals surface area (Å²) < 4.78 is 6.00. The number of hydrogen-bond acceptors (Lipinski definition) is 3. The Labute approximate surface area is 111 Å². The zero-order chi connectivity index (χ0) is 12.4. The molecule has 2 heterocycles. The van der Waals surface area contributed by atoms with Gasteiger partial charge >= 0.3 is 0 Å². The molecule has 2 aliphatic heterocycles. The van der Waals surface area contributed by atoms with Gasteiger partial charge in [0.1, 0.15) is 0 Å². The molecule has 3 atom stereocenters. The van der Waals surface area contributed by atoms with Crippen molar-refractivity contribution in [2.45, 2.75) is 63.6 Å². The van der Waals surface area contributed by atoms with Crippen LogP contribution in [-0.4, -0.2) is 49.3 Å². The molecule has 0 aromatic carbocycles. The van der Waals surface area contributed by atoms with Gasteiger partial charge in [0.15, 0.2) is 0 Å². The monoisotopic (exact) mass is 252 g/mol. The second-order valence-electron chi connectivity index (χ2n) is 6.32. The minimum absolute atomic E-state index is 0.565. The highest BCUT2D eigenvalue weighted by Crippen LogP contribution is 2.40. The third-order valence-corrected chi connectivity index (χ3v) is 4.79. The lowest BCUT2D eigenvalue weighted by molar-refractivity contribution is 0.0339. The van der Waals surface area contributed by atoms with E-state index in [4.69, 9.17) is 4.74 Å². The zero-order valence-corrected chi connectivity index (χ0v) is 11.7. The van der Waals surface area contributed by atoms with Gasteiger partial charge in [-0.25, -0.2) is 0 Å². The van der Waals surface area contributed by atoms with E-state index in [0.29, 0.717) is 6.10 Å². The van der Waals surface area contributed by atoms with Gasteiger partial charge in [0.25, 0.3) is 0 Å². The van der Waals surface area contributed by atoms with Crippen molar-refractivity contribution in [2.24, 2.45) is 5.92 Å². The summed E-state index contributed by atoms with van der Waals surface area (Å²) in [7, 11) is 0. The van der Waals surface area contributed by atoms with E-state index in [9.17, 15) is 0 Å². The van der Waals surface area contributed by atoms with Gasteiger partial charge in [0, 0.05) is 25.2 Å². The zero-order valence-electron chi connectivity index (χ0n) is 11.7. The minimum atomic E-state index is 0.565. The van der Waals surface area contributed by atoms with E-state index in [1.54, 1.807) is 0 Å². The maximum atomic E-state index is 6.00. The fourth-order valence-electron chi connectivity index (χ4n) is 3.69. The van der Waals surface area contributed by atoms with Gasteiger partial charge in [0.2, 0.25) is 0 Å². The molecule has 3 nitrogen and oxygen atoms in total. The summed E-state index contributed by atoms with van der Waals surface area (Å²) in [4.78, 5) is 2.73. The van der Waals surface area contributed by atoms with Crippen molar-refractivity contribution < 1.29 is 4.74 Å². The number of nitrogens with one attached hydrogen (secondary N) is 1. The van der Waals surface area contributed by atoms with E-state index in [1.165, 1.54) is 58.2 Å². The fourth-order valence-corrected chi connectivity index (χ4v) is 3.69. The third kappa shape index (κ3) is 2.89. The number of likely N-dealkylation sites (tertiary alicyclic amines) is 1. The van der Waals surface area contributed by atoms with Crippen LogP contribution in [0.25, 0.3) is 0 Å². The van der Waals surface area contributed by atoms with Crippen LogP contribution in [0.4, 0.5) is 0 Å². The topological polar surface area (TPSA) is 24.5 Å². The Hall–Kier alpha value is -0.120. The van der Waals surface area contributed by atoms with Crippen LogP contribution in [0.5, 0.6) is 0 Å².